The number of carbonyl (C=O) groups is 1. The van der Waals surface area contributed by atoms with Crippen molar-refractivity contribution in [3.63, 3.8) is 0 Å². The van der Waals surface area contributed by atoms with E-state index >= 15 is 0 Å². The number of nitrogens with two attached hydrogens (primary N) is 1. The summed E-state index contributed by atoms with van der Waals surface area (Å²) in [6.07, 6.45) is 8.43. The lowest BCUT2D eigenvalue weighted by molar-refractivity contribution is -0.120. The molecule has 1 amide bonds. The Morgan fingerprint density at radius 3 is 2.56 bits per heavy atom. The van der Waals surface area contributed by atoms with Crippen LogP contribution in [0.2, 0.25) is 0 Å². The Morgan fingerprint density at radius 2 is 2.06 bits per heavy atom. The molecule has 0 aromatic heterocycles. The van der Waals surface area contributed by atoms with Gasteiger partial charge < -0.3 is 16.0 Å². The van der Waals surface area contributed by atoms with Crippen LogP contribution in [-0.2, 0) is 4.79 Å². The van der Waals surface area contributed by atoms with E-state index < -0.39 is 0 Å². The monoisotopic (exact) mass is 253 g/mol. The van der Waals surface area contributed by atoms with Crippen LogP contribution < -0.4 is 11.1 Å². The van der Waals surface area contributed by atoms with Crippen LogP contribution in [0.25, 0.3) is 0 Å². The van der Waals surface area contributed by atoms with Crippen LogP contribution in [-0.4, -0.2) is 42.0 Å². The molecule has 3 N–H and O–H groups in total. The summed E-state index contributed by atoms with van der Waals surface area (Å²) in [6, 6.07) is 1.21. The number of rotatable bonds is 10. The maximum Gasteiger partial charge on any atom is 0.234 e. The van der Waals surface area contributed by atoms with Gasteiger partial charge in [0.2, 0.25) is 5.91 Å². The molecule has 2 fully saturated rings. The van der Waals surface area contributed by atoms with Crippen molar-refractivity contribution in [1.29, 1.82) is 0 Å². The smallest absolute Gasteiger partial charge is 0.234 e. The highest BCUT2D eigenvalue weighted by Crippen LogP contribution is 2.27. The minimum Gasteiger partial charge on any atom is -0.368 e. The molecule has 1 unspecified atom stereocenters. The number of amides is 1. The Kier molecular flexibility index (Phi) is 5.01. The Bertz CT molecular complexity index is 274. The first kappa shape index (κ1) is 13.8. The van der Waals surface area contributed by atoms with E-state index in [1.807, 2.05) is 0 Å². The maximum absolute atomic E-state index is 11.4. The zero-order valence-corrected chi connectivity index (χ0v) is 11.5. The molecular formula is C14H27N3O. The van der Waals surface area contributed by atoms with E-state index in [0.29, 0.717) is 6.04 Å². The Balaban J connectivity index is 1.72. The van der Waals surface area contributed by atoms with E-state index in [0.717, 1.165) is 19.0 Å². The average molecular weight is 253 g/mol. The highest BCUT2D eigenvalue weighted by molar-refractivity contribution is 5.79. The summed E-state index contributed by atoms with van der Waals surface area (Å²) in [5.41, 5.74) is 5.47. The van der Waals surface area contributed by atoms with Gasteiger partial charge in [0.05, 0.1) is 6.04 Å². The summed E-state index contributed by atoms with van der Waals surface area (Å²) in [5.74, 6) is -0.187. The van der Waals surface area contributed by atoms with Crippen LogP contribution in [0.4, 0.5) is 0 Å². The summed E-state index contributed by atoms with van der Waals surface area (Å²) in [5, 5.41) is 3.36. The molecule has 4 heteroatoms. The number of unbranched alkanes of at least 4 members (excludes halogenated alkanes) is 1. The molecule has 0 heterocycles. The van der Waals surface area contributed by atoms with Crippen LogP contribution in [0.1, 0.15) is 51.9 Å². The molecule has 0 aliphatic heterocycles. The molecule has 0 aromatic rings. The van der Waals surface area contributed by atoms with E-state index in [9.17, 15) is 4.79 Å². The third-order valence-corrected chi connectivity index (χ3v) is 3.92. The predicted molar refractivity (Wildman–Crippen MR) is 73.3 cm³/mol. The van der Waals surface area contributed by atoms with Gasteiger partial charge in [0.15, 0.2) is 0 Å². The number of nitrogens with zero attached hydrogens (tertiary/aromatic N) is 1. The topological polar surface area (TPSA) is 58.4 Å². The van der Waals surface area contributed by atoms with Gasteiger partial charge in [-0.15, -0.1) is 0 Å². The Hall–Kier alpha value is -0.610. The van der Waals surface area contributed by atoms with Crippen molar-refractivity contribution in [3.05, 3.63) is 0 Å². The van der Waals surface area contributed by atoms with Crippen molar-refractivity contribution >= 4 is 5.91 Å². The summed E-state index contributed by atoms with van der Waals surface area (Å²) in [6.45, 7) is 4.42. The zero-order valence-electron chi connectivity index (χ0n) is 11.5. The van der Waals surface area contributed by atoms with E-state index in [-0.39, 0.29) is 11.9 Å². The van der Waals surface area contributed by atoms with Gasteiger partial charge in [-0.05, 0) is 45.1 Å². The van der Waals surface area contributed by atoms with E-state index in [2.05, 4.69) is 17.1 Å². The fourth-order valence-electron chi connectivity index (χ4n) is 2.42. The Morgan fingerprint density at radius 1 is 1.33 bits per heavy atom. The lowest BCUT2D eigenvalue weighted by atomic mass is 10.1. The van der Waals surface area contributed by atoms with Crippen molar-refractivity contribution in [3.8, 4) is 0 Å². The highest BCUT2D eigenvalue weighted by atomic mass is 16.1. The van der Waals surface area contributed by atoms with Crippen molar-refractivity contribution in [2.45, 2.75) is 70.0 Å². The standard InChI is InChI=1S/C14H27N3O/c1-2-3-9-17(12-6-7-12)10-8-13(14(15)18)16-11-4-5-11/h11-13,16H,2-10H2,1H3,(H2,15,18). The number of carbonyl (C=O) groups excluding carboxylic acids is 1. The molecule has 0 bridgehead atoms. The minimum absolute atomic E-state index is 0.125. The molecule has 104 valence electrons. The van der Waals surface area contributed by atoms with Gasteiger partial charge >= 0.3 is 0 Å². The summed E-state index contributed by atoms with van der Waals surface area (Å²) >= 11 is 0. The molecule has 2 aliphatic carbocycles. The van der Waals surface area contributed by atoms with Gasteiger partial charge in [-0.25, -0.2) is 0 Å². The molecule has 0 aromatic carbocycles. The molecule has 0 spiro atoms. The molecule has 2 aliphatic rings. The summed E-state index contributed by atoms with van der Waals surface area (Å²) < 4.78 is 0. The van der Waals surface area contributed by atoms with Crippen LogP contribution in [0, 0.1) is 0 Å². The number of primary amides is 1. The molecule has 0 saturated heterocycles. The van der Waals surface area contributed by atoms with Gasteiger partial charge in [-0.3, -0.25) is 4.79 Å². The summed E-state index contributed by atoms with van der Waals surface area (Å²) in [4.78, 5) is 14.0. The largest absolute Gasteiger partial charge is 0.368 e. The molecule has 1 atom stereocenters. The van der Waals surface area contributed by atoms with Gasteiger partial charge in [0.1, 0.15) is 0 Å². The zero-order chi connectivity index (χ0) is 13.0. The summed E-state index contributed by atoms with van der Waals surface area (Å²) in [7, 11) is 0. The van der Waals surface area contributed by atoms with Gasteiger partial charge in [-0.2, -0.15) is 0 Å². The number of hydrogen-bond acceptors (Lipinski definition) is 3. The van der Waals surface area contributed by atoms with Crippen molar-refractivity contribution in [2.24, 2.45) is 5.73 Å². The van der Waals surface area contributed by atoms with Crippen LogP contribution in [0.3, 0.4) is 0 Å². The SMILES string of the molecule is CCCCN(CCC(NC1CC1)C(N)=O)C1CC1. The van der Waals surface area contributed by atoms with E-state index in [4.69, 9.17) is 5.73 Å². The second-order valence-electron chi connectivity index (χ2n) is 5.81. The lowest BCUT2D eigenvalue weighted by Crippen LogP contribution is -2.45. The van der Waals surface area contributed by atoms with Crippen molar-refractivity contribution in [2.75, 3.05) is 13.1 Å². The number of nitrogens with one attached hydrogen (secondary N) is 1. The normalized spacial score (nSPS) is 21.2. The second kappa shape index (κ2) is 6.53. The first-order valence-corrected chi connectivity index (χ1v) is 7.50. The number of hydrogen-bond donors (Lipinski definition) is 2. The lowest BCUT2D eigenvalue weighted by Gasteiger charge is -2.24. The van der Waals surface area contributed by atoms with Gasteiger partial charge in [-0.1, -0.05) is 13.3 Å². The van der Waals surface area contributed by atoms with Crippen LogP contribution in [0.5, 0.6) is 0 Å². The molecule has 2 rings (SSSR count). The molecule has 2 saturated carbocycles. The average Bonchev–Trinajstić information content (AvgIpc) is 3.20. The highest BCUT2D eigenvalue weighted by Gasteiger charge is 2.31. The molecular weight excluding hydrogens is 226 g/mol. The molecule has 4 nitrogen and oxygen atoms in total. The third kappa shape index (κ3) is 4.58. The van der Waals surface area contributed by atoms with E-state index in [1.54, 1.807) is 0 Å². The fraction of sp³-hybridized carbons (Fsp3) is 0.929. The predicted octanol–water partition coefficient (Wildman–Crippen LogP) is 1.25. The quantitative estimate of drug-likeness (QED) is 0.616. The van der Waals surface area contributed by atoms with Gasteiger partial charge in [0.25, 0.3) is 0 Å². The minimum atomic E-state index is -0.187. The van der Waals surface area contributed by atoms with Gasteiger partial charge in [0, 0.05) is 18.6 Å². The third-order valence-electron chi connectivity index (χ3n) is 3.92. The van der Waals surface area contributed by atoms with Crippen molar-refractivity contribution in [1.82, 2.24) is 10.2 Å². The molecule has 0 radical (unpaired) electrons. The first-order chi connectivity index (χ1) is 8.70. The first-order valence-electron chi connectivity index (χ1n) is 7.50. The fourth-order valence-corrected chi connectivity index (χ4v) is 2.42. The Labute approximate surface area is 110 Å². The van der Waals surface area contributed by atoms with Crippen molar-refractivity contribution < 1.29 is 4.79 Å². The maximum atomic E-state index is 11.4. The van der Waals surface area contributed by atoms with Crippen LogP contribution in [0.15, 0.2) is 0 Å². The van der Waals surface area contributed by atoms with Crippen LogP contribution >= 0.6 is 0 Å². The van der Waals surface area contributed by atoms with E-state index in [1.165, 1.54) is 45.1 Å². The second-order valence-corrected chi connectivity index (χ2v) is 5.81. The molecule has 18 heavy (non-hydrogen) atoms.